The van der Waals surface area contributed by atoms with Gasteiger partial charge in [-0.25, -0.2) is 9.18 Å². The number of fused-ring (bicyclic) bond motifs is 1. The zero-order valence-electron chi connectivity index (χ0n) is 18.5. The molecule has 0 aliphatic heterocycles. The lowest BCUT2D eigenvalue weighted by atomic mass is 9.98. The Morgan fingerprint density at radius 3 is 2.18 bits per heavy atom. The number of nitrogens with one attached hydrogen (secondary N) is 1. The SMILES string of the molecule is CC(Nc1cc2oc(-c3ccc(F)cc3)c(C(=O)O)c2cc1-c1ccccc1)c1ccccc1. The first-order valence-corrected chi connectivity index (χ1v) is 11.0. The first-order valence-electron chi connectivity index (χ1n) is 11.0. The van der Waals surface area contributed by atoms with Crippen molar-refractivity contribution < 1.29 is 18.7 Å². The summed E-state index contributed by atoms with van der Waals surface area (Å²) in [6.45, 7) is 2.07. The van der Waals surface area contributed by atoms with Crippen molar-refractivity contribution in [2.24, 2.45) is 0 Å². The molecule has 1 unspecified atom stereocenters. The fourth-order valence-electron chi connectivity index (χ4n) is 4.19. The van der Waals surface area contributed by atoms with Gasteiger partial charge in [0.15, 0.2) is 0 Å². The van der Waals surface area contributed by atoms with Crippen LogP contribution >= 0.6 is 0 Å². The molecule has 0 aliphatic rings. The zero-order valence-corrected chi connectivity index (χ0v) is 18.5. The first kappa shape index (κ1) is 21.5. The maximum absolute atomic E-state index is 13.5. The molecule has 5 aromatic rings. The van der Waals surface area contributed by atoms with E-state index in [1.807, 2.05) is 60.7 Å². The lowest BCUT2D eigenvalue weighted by Gasteiger charge is -2.19. The molecule has 34 heavy (non-hydrogen) atoms. The Morgan fingerprint density at radius 2 is 1.53 bits per heavy atom. The summed E-state index contributed by atoms with van der Waals surface area (Å²) in [6.07, 6.45) is 0. The third-order valence-electron chi connectivity index (χ3n) is 5.90. The molecule has 0 fully saturated rings. The molecule has 1 aromatic heterocycles. The minimum Gasteiger partial charge on any atom is -0.478 e. The fourth-order valence-corrected chi connectivity index (χ4v) is 4.19. The number of furan rings is 1. The molecule has 1 atom stereocenters. The Hall–Kier alpha value is -4.38. The summed E-state index contributed by atoms with van der Waals surface area (Å²) in [5, 5.41) is 14.1. The van der Waals surface area contributed by atoms with Crippen LogP contribution in [0.1, 0.15) is 28.9 Å². The predicted molar refractivity (Wildman–Crippen MR) is 132 cm³/mol. The third kappa shape index (κ3) is 4.04. The molecule has 0 saturated heterocycles. The maximum Gasteiger partial charge on any atom is 0.340 e. The molecule has 0 aliphatic carbocycles. The van der Waals surface area contributed by atoms with E-state index in [4.69, 9.17) is 4.42 Å². The van der Waals surface area contributed by atoms with Gasteiger partial charge in [-0.05, 0) is 48.4 Å². The number of carbonyl (C=O) groups is 1. The number of carboxylic acid groups (broad SMARTS) is 1. The molecular weight excluding hydrogens is 429 g/mol. The monoisotopic (exact) mass is 451 g/mol. The standard InChI is InChI=1S/C29H22FNO3/c1-18(19-8-4-2-5-9-19)31-25-17-26-24(16-23(25)20-10-6-3-7-11-20)27(29(32)33)28(34-26)21-12-14-22(30)15-13-21/h2-18,31H,1H3,(H,32,33). The van der Waals surface area contributed by atoms with Crippen molar-refractivity contribution in [2.45, 2.75) is 13.0 Å². The average molecular weight is 451 g/mol. The van der Waals surface area contributed by atoms with Gasteiger partial charge >= 0.3 is 5.97 Å². The Bertz CT molecular complexity index is 1460. The molecular formula is C29H22FNO3. The highest BCUT2D eigenvalue weighted by Gasteiger charge is 2.24. The molecule has 4 aromatic carbocycles. The Kier molecular flexibility index (Phi) is 5.60. The number of hydrogen-bond acceptors (Lipinski definition) is 3. The molecule has 0 radical (unpaired) electrons. The van der Waals surface area contributed by atoms with E-state index in [1.165, 1.54) is 24.3 Å². The molecule has 1 heterocycles. The second kappa shape index (κ2) is 8.87. The molecule has 0 amide bonds. The summed E-state index contributed by atoms with van der Waals surface area (Å²) in [4.78, 5) is 12.3. The van der Waals surface area contributed by atoms with Crippen molar-refractivity contribution in [3.05, 3.63) is 114 Å². The molecule has 0 saturated carbocycles. The zero-order chi connectivity index (χ0) is 23.7. The summed E-state index contributed by atoms with van der Waals surface area (Å²) < 4.78 is 19.5. The van der Waals surface area contributed by atoms with E-state index in [2.05, 4.69) is 24.4 Å². The van der Waals surface area contributed by atoms with E-state index < -0.39 is 11.8 Å². The van der Waals surface area contributed by atoms with Crippen molar-refractivity contribution in [3.8, 4) is 22.5 Å². The van der Waals surface area contributed by atoms with Gasteiger partial charge in [0.25, 0.3) is 0 Å². The van der Waals surface area contributed by atoms with Gasteiger partial charge in [0.05, 0.1) is 0 Å². The predicted octanol–water partition coefficient (Wildman–Crippen LogP) is 7.78. The third-order valence-corrected chi connectivity index (χ3v) is 5.90. The van der Waals surface area contributed by atoms with E-state index in [0.717, 1.165) is 22.4 Å². The summed E-state index contributed by atoms with van der Waals surface area (Å²) in [6, 6.07) is 29.2. The van der Waals surface area contributed by atoms with Crippen LogP contribution in [0, 0.1) is 5.82 Å². The smallest absolute Gasteiger partial charge is 0.340 e. The van der Waals surface area contributed by atoms with Crippen molar-refractivity contribution in [2.75, 3.05) is 5.32 Å². The van der Waals surface area contributed by atoms with Gasteiger partial charge in [-0.15, -0.1) is 0 Å². The van der Waals surface area contributed by atoms with Crippen molar-refractivity contribution >= 4 is 22.6 Å². The second-order valence-corrected chi connectivity index (χ2v) is 8.15. The van der Waals surface area contributed by atoms with Gasteiger partial charge in [-0.2, -0.15) is 0 Å². The van der Waals surface area contributed by atoms with Crippen molar-refractivity contribution in [3.63, 3.8) is 0 Å². The van der Waals surface area contributed by atoms with Crippen molar-refractivity contribution in [1.82, 2.24) is 0 Å². The van der Waals surface area contributed by atoms with E-state index in [1.54, 1.807) is 0 Å². The largest absolute Gasteiger partial charge is 0.478 e. The van der Waals surface area contributed by atoms with Crippen LogP contribution in [-0.4, -0.2) is 11.1 Å². The highest BCUT2D eigenvalue weighted by Crippen LogP contribution is 2.40. The van der Waals surface area contributed by atoms with Crippen LogP contribution < -0.4 is 5.32 Å². The topological polar surface area (TPSA) is 62.5 Å². The number of anilines is 1. The Balaban J connectivity index is 1.71. The number of halogens is 1. The van der Waals surface area contributed by atoms with E-state index in [0.29, 0.717) is 16.5 Å². The number of benzene rings is 4. The quantitative estimate of drug-likeness (QED) is 0.277. The first-order chi connectivity index (χ1) is 16.5. The van der Waals surface area contributed by atoms with Crippen LogP contribution in [0.25, 0.3) is 33.4 Å². The maximum atomic E-state index is 13.5. The molecule has 0 bridgehead atoms. The molecule has 4 nitrogen and oxygen atoms in total. The normalized spacial score (nSPS) is 11.9. The lowest BCUT2D eigenvalue weighted by Crippen LogP contribution is -2.07. The minimum absolute atomic E-state index is 0.00610. The summed E-state index contributed by atoms with van der Waals surface area (Å²) in [5.74, 6) is -1.30. The van der Waals surface area contributed by atoms with Gasteiger partial charge in [0, 0.05) is 34.3 Å². The van der Waals surface area contributed by atoms with E-state index >= 15 is 0 Å². The van der Waals surface area contributed by atoms with Gasteiger partial charge < -0.3 is 14.8 Å². The average Bonchev–Trinajstić information content (AvgIpc) is 3.23. The Labute approximate surface area is 196 Å². The van der Waals surface area contributed by atoms with Crippen LogP contribution in [0.4, 0.5) is 10.1 Å². The number of carboxylic acids is 1. The second-order valence-electron chi connectivity index (χ2n) is 8.15. The molecule has 5 heteroatoms. The highest BCUT2D eigenvalue weighted by atomic mass is 19.1. The van der Waals surface area contributed by atoms with Crippen LogP contribution in [-0.2, 0) is 0 Å². The minimum atomic E-state index is -1.10. The lowest BCUT2D eigenvalue weighted by molar-refractivity contribution is 0.0699. The Morgan fingerprint density at radius 1 is 0.882 bits per heavy atom. The molecule has 168 valence electrons. The van der Waals surface area contributed by atoms with Gasteiger partial charge in [-0.1, -0.05) is 60.7 Å². The van der Waals surface area contributed by atoms with Crippen LogP contribution in [0.2, 0.25) is 0 Å². The van der Waals surface area contributed by atoms with E-state index in [-0.39, 0.29) is 17.4 Å². The number of aromatic carboxylic acids is 1. The highest BCUT2D eigenvalue weighted by molar-refractivity contribution is 6.10. The van der Waals surface area contributed by atoms with Gasteiger partial charge in [0.2, 0.25) is 0 Å². The fraction of sp³-hybridized carbons (Fsp3) is 0.0690. The van der Waals surface area contributed by atoms with Crippen LogP contribution in [0.15, 0.2) is 101 Å². The number of hydrogen-bond donors (Lipinski definition) is 2. The van der Waals surface area contributed by atoms with E-state index in [9.17, 15) is 14.3 Å². The van der Waals surface area contributed by atoms with Crippen LogP contribution in [0.5, 0.6) is 0 Å². The molecule has 2 N–H and O–H groups in total. The van der Waals surface area contributed by atoms with Gasteiger partial charge in [0.1, 0.15) is 22.7 Å². The summed E-state index contributed by atoms with van der Waals surface area (Å²) in [5.41, 5.74) is 4.77. The summed E-state index contributed by atoms with van der Waals surface area (Å²) >= 11 is 0. The molecule has 0 spiro atoms. The van der Waals surface area contributed by atoms with Crippen molar-refractivity contribution in [1.29, 1.82) is 0 Å². The summed E-state index contributed by atoms with van der Waals surface area (Å²) in [7, 11) is 0. The molecule has 5 rings (SSSR count). The van der Waals surface area contributed by atoms with Gasteiger partial charge in [-0.3, -0.25) is 0 Å². The number of rotatable bonds is 6. The van der Waals surface area contributed by atoms with Crippen LogP contribution in [0.3, 0.4) is 0 Å².